The van der Waals surface area contributed by atoms with Crippen LogP contribution in [0.25, 0.3) is 0 Å². The lowest BCUT2D eigenvalue weighted by atomic mass is 10.1. The Morgan fingerprint density at radius 1 is 1.27 bits per heavy atom. The summed E-state index contributed by atoms with van der Waals surface area (Å²) in [7, 11) is 1.86. The van der Waals surface area contributed by atoms with E-state index in [4.69, 9.17) is 0 Å². The zero-order chi connectivity index (χ0) is 10.4. The largest absolute Gasteiger partial charge is 0.324 e. The molecule has 0 aromatic heterocycles. The van der Waals surface area contributed by atoms with Crippen molar-refractivity contribution in [2.75, 3.05) is 11.9 Å². The van der Waals surface area contributed by atoms with Crippen LogP contribution in [0.3, 0.4) is 0 Å². The van der Waals surface area contributed by atoms with Crippen LogP contribution >= 0.6 is 0 Å². The van der Waals surface area contributed by atoms with Crippen LogP contribution in [0, 0.1) is 0 Å². The highest BCUT2D eigenvalue weighted by Gasteiger charge is 2.37. The average molecular weight is 202 g/mol. The summed E-state index contributed by atoms with van der Waals surface area (Å²) in [5.74, 6) is 0. The van der Waals surface area contributed by atoms with E-state index in [0.717, 1.165) is 12.2 Å². The molecule has 15 heavy (non-hydrogen) atoms. The fourth-order valence-electron chi connectivity index (χ4n) is 2.19. The Morgan fingerprint density at radius 3 is 2.73 bits per heavy atom. The molecule has 0 N–H and O–H groups in total. The van der Waals surface area contributed by atoms with E-state index in [1.54, 1.807) is 4.90 Å². The SMILES string of the molecule is CN1C(=O)N(C2CC2)Cc2ccccc21. The predicted molar refractivity (Wildman–Crippen MR) is 58.8 cm³/mol. The molecule has 3 rings (SSSR count). The van der Waals surface area contributed by atoms with Gasteiger partial charge in [-0.15, -0.1) is 0 Å². The van der Waals surface area contributed by atoms with Crippen LogP contribution < -0.4 is 4.90 Å². The Hall–Kier alpha value is -1.51. The van der Waals surface area contributed by atoms with Gasteiger partial charge in [0.15, 0.2) is 0 Å². The number of carbonyl (C=O) groups excluding carboxylic acids is 1. The molecule has 0 spiro atoms. The van der Waals surface area contributed by atoms with Crippen LogP contribution in [0.1, 0.15) is 18.4 Å². The molecule has 1 fully saturated rings. The van der Waals surface area contributed by atoms with Crippen molar-refractivity contribution in [2.45, 2.75) is 25.4 Å². The first-order chi connectivity index (χ1) is 7.27. The zero-order valence-electron chi connectivity index (χ0n) is 8.81. The molecule has 0 saturated heterocycles. The Balaban J connectivity index is 2.00. The standard InChI is InChI=1S/C12H14N2O/c1-13-11-5-3-2-4-9(11)8-14(12(13)15)10-6-7-10/h2-5,10H,6-8H2,1H3. The summed E-state index contributed by atoms with van der Waals surface area (Å²) >= 11 is 0. The zero-order valence-corrected chi connectivity index (χ0v) is 8.81. The normalized spacial score (nSPS) is 20.5. The predicted octanol–water partition coefficient (Wildman–Crippen LogP) is 2.22. The Morgan fingerprint density at radius 2 is 2.00 bits per heavy atom. The molecule has 1 aliphatic carbocycles. The quantitative estimate of drug-likeness (QED) is 0.685. The number of rotatable bonds is 1. The van der Waals surface area contributed by atoms with E-state index >= 15 is 0 Å². The fraction of sp³-hybridized carbons (Fsp3) is 0.417. The molecule has 1 aromatic rings. The maximum absolute atomic E-state index is 12.0. The number of nitrogens with zero attached hydrogens (tertiary/aromatic N) is 2. The van der Waals surface area contributed by atoms with E-state index in [0.29, 0.717) is 6.04 Å². The number of urea groups is 1. The average Bonchev–Trinajstić information content (AvgIpc) is 3.07. The summed E-state index contributed by atoms with van der Waals surface area (Å²) in [6.07, 6.45) is 2.34. The van der Waals surface area contributed by atoms with Crippen LogP contribution in [0.5, 0.6) is 0 Å². The van der Waals surface area contributed by atoms with Crippen molar-refractivity contribution in [2.24, 2.45) is 0 Å². The van der Waals surface area contributed by atoms with Crippen molar-refractivity contribution in [3.8, 4) is 0 Å². The lowest BCUT2D eigenvalue weighted by Crippen LogP contribution is -2.46. The number of hydrogen-bond donors (Lipinski definition) is 0. The van der Waals surface area contributed by atoms with Crippen molar-refractivity contribution in [1.29, 1.82) is 0 Å². The minimum Gasteiger partial charge on any atom is -0.317 e. The number of amides is 2. The molecule has 3 heteroatoms. The van der Waals surface area contributed by atoms with Gasteiger partial charge in [0.2, 0.25) is 0 Å². The number of benzene rings is 1. The van der Waals surface area contributed by atoms with Crippen LogP contribution in [0.2, 0.25) is 0 Å². The minimum absolute atomic E-state index is 0.149. The third-order valence-corrected chi connectivity index (χ3v) is 3.21. The lowest BCUT2D eigenvalue weighted by molar-refractivity contribution is 0.197. The molecule has 1 heterocycles. The molecule has 78 valence electrons. The van der Waals surface area contributed by atoms with Gasteiger partial charge in [0.1, 0.15) is 0 Å². The molecular formula is C12H14N2O. The summed E-state index contributed by atoms with van der Waals surface area (Å²) in [6, 6.07) is 8.78. The van der Waals surface area contributed by atoms with E-state index in [-0.39, 0.29) is 6.03 Å². The monoisotopic (exact) mass is 202 g/mol. The van der Waals surface area contributed by atoms with Crippen molar-refractivity contribution >= 4 is 11.7 Å². The minimum atomic E-state index is 0.149. The molecule has 2 amide bonds. The molecule has 3 nitrogen and oxygen atoms in total. The maximum Gasteiger partial charge on any atom is 0.324 e. The molecule has 0 bridgehead atoms. The molecule has 2 aliphatic rings. The molecule has 1 saturated carbocycles. The number of hydrogen-bond acceptors (Lipinski definition) is 1. The van der Waals surface area contributed by atoms with Gasteiger partial charge in [0.05, 0.1) is 5.69 Å². The smallest absolute Gasteiger partial charge is 0.317 e. The van der Waals surface area contributed by atoms with Gasteiger partial charge in [-0.25, -0.2) is 4.79 Å². The highest BCUT2D eigenvalue weighted by atomic mass is 16.2. The van der Waals surface area contributed by atoms with E-state index in [1.165, 1.54) is 18.4 Å². The van der Waals surface area contributed by atoms with Crippen molar-refractivity contribution < 1.29 is 4.79 Å². The van der Waals surface area contributed by atoms with Gasteiger partial charge in [0.25, 0.3) is 0 Å². The highest BCUT2D eigenvalue weighted by Crippen LogP contribution is 2.35. The number of fused-ring (bicyclic) bond motifs is 1. The van der Waals surface area contributed by atoms with Crippen LogP contribution in [0.4, 0.5) is 10.5 Å². The molecule has 1 aliphatic heterocycles. The van der Waals surface area contributed by atoms with E-state index in [1.807, 2.05) is 30.1 Å². The van der Waals surface area contributed by atoms with Crippen molar-refractivity contribution in [1.82, 2.24) is 4.90 Å². The van der Waals surface area contributed by atoms with Crippen molar-refractivity contribution in [3.05, 3.63) is 29.8 Å². The topological polar surface area (TPSA) is 23.6 Å². The van der Waals surface area contributed by atoms with Gasteiger partial charge in [0, 0.05) is 19.6 Å². The molecular weight excluding hydrogens is 188 g/mol. The molecule has 1 aromatic carbocycles. The first kappa shape index (κ1) is 8.77. The molecule has 0 radical (unpaired) electrons. The van der Waals surface area contributed by atoms with Crippen LogP contribution in [-0.2, 0) is 6.54 Å². The second-order valence-electron chi connectivity index (χ2n) is 4.33. The molecule has 0 unspecified atom stereocenters. The molecule has 0 atom stereocenters. The third-order valence-electron chi connectivity index (χ3n) is 3.21. The van der Waals surface area contributed by atoms with Crippen molar-refractivity contribution in [3.63, 3.8) is 0 Å². The Labute approximate surface area is 89.3 Å². The Bertz CT molecular complexity index is 412. The summed E-state index contributed by atoms with van der Waals surface area (Å²) in [4.78, 5) is 15.8. The Kier molecular flexibility index (Phi) is 1.75. The first-order valence-electron chi connectivity index (χ1n) is 5.39. The third kappa shape index (κ3) is 1.30. The number of carbonyl (C=O) groups is 1. The summed E-state index contributed by atoms with van der Waals surface area (Å²) in [5, 5.41) is 0. The van der Waals surface area contributed by atoms with Crippen LogP contribution in [0.15, 0.2) is 24.3 Å². The van der Waals surface area contributed by atoms with E-state index in [2.05, 4.69) is 6.07 Å². The number of para-hydroxylation sites is 1. The van der Waals surface area contributed by atoms with Gasteiger partial charge in [-0.3, -0.25) is 4.90 Å². The lowest BCUT2D eigenvalue weighted by Gasteiger charge is -2.35. The maximum atomic E-state index is 12.0. The van der Waals surface area contributed by atoms with E-state index < -0.39 is 0 Å². The highest BCUT2D eigenvalue weighted by molar-refractivity contribution is 5.94. The van der Waals surface area contributed by atoms with Gasteiger partial charge in [-0.05, 0) is 24.5 Å². The summed E-state index contributed by atoms with van der Waals surface area (Å²) in [6.45, 7) is 0.782. The number of anilines is 1. The first-order valence-corrected chi connectivity index (χ1v) is 5.39. The van der Waals surface area contributed by atoms with Gasteiger partial charge < -0.3 is 4.90 Å². The van der Waals surface area contributed by atoms with Gasteiger partial charge >= 0.3 is 6.03 Å². The summed E-state index contributed by atoms with van der Waals surface area (Å²) < 4.78 is 0. The second kappa shape index (κ2) is 2.99. The van der Waals surface area contributed by atoms with E-state index in [9.17, 15) is 4.79 Å². The summed E-state index contributed by atoms with van der Waals surface area (Å²) in [5.41, 5.74) is 2.31. The van der Waals surface area contributed by atoms with Gasteiger partial charge in [-0.2, -0.15) is 0 Å². The van der Waals surface area contributed by atoms with Gasteiger partial charge in [-0.1, -0.05) is 18.2 Å². The fourth-order valence-corrected chi connectivity index (χ4v) is 2.19. The van der Waals surface area contributed by atoms with Crippen LogP contribution in [-0.4, -0.2) is 24.0 Å². The second-order valence-corrected chi connectivity index (χ2v) is 4.33.